The van der Waals surface area contributed by atoms with Crippen LogP contribution in [0.4, 0.5) is 0 Å². The third-order valence-corrected chi connectivity index (χ3v) is 4.28. The van der Waals surface area contributed by atoms with E-state index in [0.29, 0.717) is 27.7 Å². The topological polar surface area (TPSA) is 64.0 Å². The number of nitrogens with one attached hydrogen (secondary N) is 1. The van der Waals surface area contributed by atoms with Gasteiger partial charge in [0.2, 0.25) is 5.91 Å². The molecule has 24 heavy (non-hydrogen) atoms. The summed E-state index contributed by atoms with van der Waals surface area (Å²) in [6.07, 6.45) is 0.826. The van der Waals surface area contributed by atoms with Crippen molar-refractivity contribution in [3.8, 4) is 11.4 Å². The SMILES string of the molecule is CCC(C)NC(=O)Cn1c(-c2cccc(Cl)c2)nc(C)c(C)c1=O. The van der Waals surface area contributed by atoms with Crippen LogP contribution < -0.4 is 10.9 Å². The van der Waals surface area contributed by atoms with E-state index in [-0.39, 0.29) is 24.1 Å². The highest BCUT2D eigenvalue weighted by atomic mass is 35.5. The minimum absolute atomic E-state index is 0.0577. The number of amides is 1. The lowest BCUT2D eigenvalue weighted by atomic mass is 10.1. The summed E-state index contributed by atoms with van der Waals surface area (Å²) in [4.78, 5) is 29.4. The third-order valence-electron chi connectivity index (χ3n) is 4.04. The Balaban J connectivity index is 2.51. The number of halogens is 1. The molecule has 0 saturated carbocycles. The van der Waals surface area contributed by atoms with Crippen molar-refractivity contribution >= 4 is 17.5 Å². The molecule has 0 fully saturated rings. The number of nitrogens with zero attached hydrogens (tertiary/aromatic N) is 2. The molecule has 1 atom stereocenters. The first-order valence-corrected chi connectivity index (χ1v) is 8.34. The average Bonchev–Trinajstić information content (AvgIpc) is 2.55. The number of carbonyl (C=O) groups excluding carboxylic acids is 1. The van der Waals surface area contributed by atoms with Crippen LogP contribution in [0.5, 0.6) is 0 Å². The van der Waals surface area contributed by atoms with Crippen molar-refractivity contribution in [3.05, 3.63) is 50.9 Å². The van der Waals surface area contributed by atoms with Crippen LogP contribution in [0, 0.1) is 13.8 Å². The lowest BCUT2D eigenvalue weighted by molar-refractivity contribution is -0.122. The fraction of sp³-hybridized carbons (Fsp3) is 0.389. The predicted octanol–water partition coefficient (Wildman–Crippen LogP) is 3.10. The maximum atomic E-state index is 12.7. The van der Waals surface area contributed by atoms with Crippen molar-refractivity contribution in [1.82, 2.24) is 14.9 Å². The first kappa shape index (κ1) is 18.2. The summed E-state index contributed by atoms with van der Waals surface area (Å²) in [5.41, 5.74) is 1.68. The highest BCUT2D eigenvalue weighted by Gasteiger charge is 2.16. The van der Waals surface area contributed by atoms with Gasteiger partial charge in [-0.2, -0.15) is 0 Å². The van der Waals surface area contributed by atoms with Gasteiger partial charge in [0.05, 0.1) is 0 Å². The largest absolute Gasteiger partial charge is 0.352 e. The fourth-order valence-corrected chi connectivity index (χ4v) is 2.51. The van der Waals surface area contributed by atoms with Gasteiger partial charge in [0, 0.05) is 27.9 Å². The zero-order valence-corrected chi connectivity index (χ0v) is 15.1. The summed E-state index contributed by atoms with van der Waals surface area (Å²) in [5.74, 6) is 0.240. The molecule has 128 valence electrons. The number of aryl methyl sites for hydroxylation is 1. The Kier molecular flexibility index (Phi) is 5.78. The highest BCUT2D eigenvalue weighted by Crippen LogP contribution is 2.21. The zero-order valence-electron chi connectivity index (χ0n) is 14.4. The number of rotatable bonds is 5. The van der Waals surface area contributed by atoms with Crippen LogP contribution in [-0.4, -0.2) is 21.5 Å². The number of hydrogen-bond acceptors (Lipinski definition) is 3. The van der Waals surface area contributed by atoms with E-state index >= 15 is 0 Å². The first-order valence-electron chi connectivity index (χ1n) is 7.96. The molecule has 1 unspecified atom stereocenters. The maximum Gasteiger partial charge on any atom is 0.257 e. The van der Waals surface area contributed by atoms with Crippen molar-refractivity contribution in [2.75, 3.05) is 0 Å². The molecule has 2 aromatic rings. The zero-order chi connectivity index (χ0) is 17.9. The number of carbonyl (C=O) groups is 1. The highest BCUT2D eigenvalue weighted by molar-refractivity contribution is 6.30. The van der Waals surface area contributed by atoms with E-state index in [4.69, 9.17) is 11.6 Å². The first-order chi connectivity index (χ1) is 11.3. The van der Waals surface area contributed by atoms with Gasteiger partial charge in [-0.05, 0) is 39.3 Å². The van der Waals surface area contributed by atoms with Crippen molar-refractivity contribution in [2.45, 2.75) is 46.7 Å². The molecule has 2 rings (SSSR count). The van der Waals surface area contributed by atoms with Crippen LogP contribution in [0.25, 0.3) is 11.4 Å². The van der Waals surface area contributed by atoms with Gasteiger partial charge >= 0.3 is 0 Å². The Morgan fingerprint density at radius 1 is 1.38 bits per heavy atom. The minimum atomic E-state index is -0.211. The van der Waals surface area contributed by atoms with Crippen LogP contribution in [0.1, 0.15) is 31.5 Å². The average molecular weight is 348 g/mol. The van der Waals surface area contributed by atoms with Gasteiger partial charge in [-0.25, -0.2) is 4.98 Å². The third kappa shape index (κ3) is 4.03. The molecule has 0 saturated heterocycles. The van der Waals surface area contributed by atoms with Crippen LogP contribution in [0.15, 0.2) is 29.1 Å². The maximum absolute atomic E-state index is 12.7. The summed E-state index contributed by atoms with van der Waals surface area (Å²) in [6, 6.07) is 7.17. The minimum Gasteiger partial charge on any atom is -0.352 e. The monoisotopic (exact) mass is 347 g/mol. The second-order valence-electron chi connectivity index (χ2n) is 5.92. The molecule has 6 heteroatoms. The molecule has 0 aliphatic rings. The fourth-order valence-electron chi connectivity index (χ4n) is 2.32. The molecule has 1 heterocycles. The van der Waals surface area contributed by atoms with E-state index in [1.807, 2.05) is 19.9 Å². The molecule has 1 aromatic heterocycles. The van der Waals surface area contributed by atoms with Crippen molar-refractivity contribution in [3.63, 3.8) is 0 Å². The lowest BCUT2D eigenvalue weighted by Gasteiger charge is -2.16. The van der Waals surface area contributed by atoms with E-state index in [9.17, 15) is 9.59 Å². The van der Waals surface area contributed by atoms with Crippen LogP contribution in [-0.2, 0) is 11.3 Å². The van der Waals surface area contributed by atoms with E-state index < -0.39 is 0 Å². The Labute approximate surface area is 146 Å². The van der Waals surface area contributed by atoms with Crippen LogP contribution >= 0.6 is 11.6 Å². The molecule has 0 spiro atoms. The summed E-state index contributed by atoms with van der Waals surface area (Å²) in [5, 5.41) is 3.43. The second kappa shape index (κ2) is 7.62. The molecule has 0 radical (unpaired) electrons. The summed E-state index contributed by atoms with van der Waals surface area (Å²) >= 11 is 6.06. The van der Waals surface area contributed by atoms with Crippen molar-refractivity contribution in [1.29, 1.82) is 0 Å². The van der Waals surface area contributed by atoms with Gasteiger partial charge < -0.3 is 5.32 Å². The standard InChI is InChI=1S/C18H22ClN3O2/c1-5-11(2)20-16(23)10-22-17(14-7-6-8-15(19)9-14)21-13(4)12(3)18(22)24/h6-9,11H,5,10H2,1-4H3,(H,20,23). The molecule has 0 aliphatic carbocycles. The Hall–Kier alpha value is -2.14. The summed E-state index contributed by atoms with van der Waals surface area (Å²) < 4.78 is 1.41. The number of benzene rings is 1. The van der Waals surface area contributed by atoms with E-state index in [2.05, 4.69) is 10.3 Å². The molecule has 1 amide bonds. The molecule has 5 nitrogen and oxygen atoms in total. The van der Waals surface area contributed by atoms with Gasteiger partial charge in [0.1, 0.15) is 12.4 Å². The number of hydrogen-bond donors (Lipinski definition) is 1. The molecule has 0 bridgehead atoms. The van der Waals surface area contributed by atoms with Gasteiger partial charge in [0.25, 0.3) is 5.56 Å². The smallest absolute Gasteiger partial charge is 0.257 e. The molecular weight excluding hydrogens is 326 g/mol. The van der Waals surface area contributed by atoms with E-state index in [0.717, 1.165) is 6.42 Å². The van der Waals surface area contributed by atoms with Crippen LogP contribution in [0.2, 0.25) is 5.02 Å². The van der Waals surface area contributed by atoms with E-state index in [1.165, 1.54) is 4.57 Å². The van der Waals surface area contributed by atoms with Gasteiger partial charge in [0.15, 0.2) is 0 Å². The molecule has 1 aromatic carbocycles. The van der Waals surface area contributed by atoms with Crippen molar-refractivity contribution in [2.24, 2.45) is 0 Å². The predicted molar refractivity (Wildman–Crippen MR) is 96.3 cm³/mol. The van der Waals surface area contributed by atoms with Gasteiger partial charge in [-0.15, -0.1) is 0 Å². The quantitative estimate of drug-likeness (QED) is 0.903. The normalized spacial score (nSPS) is 12.0. The molecule has 1 N–H and O–H groups in total. The summed E-state index contributed by atoms with van der Waals surface area (Å²) in [7, 11) is 0. The Bertz CT molecular complexity index is 814. The Morgan fingerprint density at radius 2 is 2.08 bits per heavy atom. The second-order valence-corrected chi connectivity index (χ2v) is 6.36. The van der Waals surface area contributed by atoms with Gasteiger partial charge in [-0.1, -0.05) is 30.7 Å². The lowest BCUT2D eigenvalue weighted by Crippen LogP contribution is -2.38. The van der Waals surface area contributed by atoms with Crippen LogP contribution in [0.3, 0.4) is 0 Å². The van der Waals surface area contributed by atoms with Crippen molar-refractivity contribution < 1.29 is 4.79 Å². The Morgan fingerprint density at radius 3 is 2.71 bits per heavy atom. The molecule has 0 aliphatic heterocycles. The summed E-state index contributed by atoms with van der Waals surface area (Å²) in [6.45, 7) is 7.35. The number of aromatic nitrogens is 2. The van der Waals surface area contributed by atoms with Gasteiger partial charge in [-0.3, -0.25) is 14.2 Å². The van der Waals surface area contributed by atoms with E-state index in [1.54, 1.807) is 32.0 Å². The molecular formula is C18H22ClN3O2.